The van der Waals surface area contributed by atoms with Crippen molar-refractivity contribution in [1.29, 1.82) is 0 Å². The van der Waals surface area contributed by atoms with Crippen LogP contribution < -0.4 is 9.64 Å². The minimum absolute atomic E-state index is 0.0195. The third-order valence-electron chi connectivity index (χ3n) is 11.5. The van der Waals surface area contributed by atoms with Crippen molar-refractivity contribution >= 4 is 44.5 Å². The number of rotatable bonds is 5. The predicted molar refractivity (Wildman–Crippen MR) is 188 cm³/mol. The number of benzene rings is 3. The van der Waals surface area contributed by atoms with Crippen LogP contribution in [-0.2, 0) is 11.8 Å². The fraction of sp³-hybridized carbons (Fsp3) is 0.421. The maximum Gasteiger partial charge on any atom is 0.410 e. The van der Waals surface area contributed by atoms with E-state index >= 15 is 8.78 Å². The molecule has 1 amide bonds. The molecule has 11 nitrogen and oxygen atoms in total. The molecule has 268 valence electrons. The van der Waals surface area contributed by atoms with Crippen LogP contribution in [0.2, 0.25) is 0 Å². The summed E-state index contributed by atoms with van der Waals surface area (Å²) in [4.78, 5) is 28.3. The number of anilines is 1. The molecule has 3 aromatic carbocycles. The van der Waals surface area contributed by atoms with Crippen molar-refractivity contribution in [2.75, 3.05) is 44.8 Å². The van der Waals surface area contributed by atoms with Gasteiger partial charge in [-0.25, -0.2) is 18.0 Å². The average Bonchev–Trinajstić information content (AvgIpc) is 3.85. The summed E-state index contributed by atoms with van der Waals surface area (Å²) in [7, 11) is 3.08. The van der Waals surface area contributed by atoms with Gasteiger partial charge in [-0.3, -0.25) is 14.5 Å². The van der Waals surface area contributed by atoms with Gasteiger partial charge in [0, 0.05) is 55.6 Å². The number of amides is 1. The van der Waals surface area contributed by atoms with E-state index in [1.165, 1.54) is 31.4 Å². The molecule has 4 saturated heterocycles. The number of hydrogen-bond donors (Lipinski definition) is 1. The quantitative estimate of drug-likeness (QED) is 0.231. The van der Waals surface area contributed by atoms with Gasteiger partial charge in [-0.15, -0.1) is 6.42 Å². The Kier molecular flexibility index (Phi) is 7.45. The monoisotopic (exact) mass is 711 g/mol. The molecule has 2 bridgehead atoms. The van der Waals surface area contributed by atoms with Gasteiger partial charge in [-0.2, -0.15) is 15.1 Å². The number of piperazine rings is 1. The van der Waals surface area contributed by atoms with E-state index in [-0.39, 0.29) is 63.6 Å². The van der Waals surface area contributed by atoms with E-state index in [0.29, 0.717) is 48.0 Å². The molecule has 2 aromatic heterocycles. The van der Waals surface area contributed by atoms with Crippen molar-refractivity contribution in [2.45, 2.75) is 55.9 Å². The Morgan fingerprint density at radius 1 is 1.12 bits per heavy atom. The fourth-order valence-electron chi connectivity index (χ4n) is 9.34. The number of terminal acetylenes is 1. The molecule has 1 N–H and O–H groups in total. The minimum Gasteiger partial charge on any atom is -0.508 e. The fourth-order valence-corrected chi connectivity index (χ4v) is 9.34. The van der Waals surface area contributed by atoms with Gasteiger partial charge in [0.05, 0.1) is 35.7 Å². The SMILES string of the molecule is C#Cc1c(F)ccc2cc(O)cc(-c3c(F)c4nc(OC[C@@]56CCCN5C[C@H](F)C6)nc(N5C[C@H]6CC[C@@H](C5)N6C(=O)OC)c4c4cn(C)nc34)c12. The molecule has 9 rings (SSSR count). The molecule has 0 spiro atoms. The number of aromatic hydroxyl groups is 1. The highest BCUT2D eigenvalue weighted by Gasteiger charge is 2.50. The Hall–Kier alpha value is -5.29. The summed E-state index contributed by atoms with van der Waals surface area (Å²) in [6.07, 6.45) is 9.74. The van der Waals surface area contributed by atoms with E-state index in [1.807, 2.05) is 4.90 Å². The maximum absolute atomic E-state index is 17.6. The lowest BCUT2D eigenvalue weighted by Crippen LogP contribution is -2.56. The van der Waals surface area contributed by atoms with Crippen LogP contribution in [0.5, 0.6) is 11.8 Å². The van der Waals surface area contributed by atoms with Gasteiger partial charge >= 0.3 is 12.1 Å². The summed E-state index contributed by atoms with van der Waals surface area (Å²) in [5.41, 5.74) is -0.278. The van der Waals surface area contributed by atoms with Gasteiger partial charge < -0.3 is 19.5 Å². The van der Waals surface area contributed by atoms with Crippen molar-refractivity contribution in [3.8, 4) is 35.2 Å². The number of carbonyl (C=O) groups is 1. The lowest BCUT2D eigenvalue weighted by molar-refractivity contribution is 0.0960. The number of halogens is 3. The topological polar surface area (TPSA) is 109 Å². The number of methoxy groups -OCH3 is 1. The van der Waals surface area contributed by atoms with Crippen LogP contribution in [0.25, 0.3) is 43.7 Å². The number of ether oxygens (including phenoxy) is 2. The molecule has 0 radical (unpaired) electrons. The van der Waals surface area contributed by atoms with Crippen molar-refractivity contribution < 1.29 is 32.5 Å². The lowest BCUT2D eigenvalue weighted by atomic mass is 9.91. The molecule has 4 fully saturated rings. The van der Waals surface area contributed by atoms with E-state index in [9.17, 15) is 14.3 Å². The Labute approximate surface area is 296 Å². The number of carbonyl (C=O) groups excluding carboxylic acids is 1. The first-order valence-corrected chi connectivity index (χ1v) is 17.5. The number of fused-ring (bicyclic) bond motifs is 7. The van der Waals surface area contributed by atoms with Gasteiger partial charge in [-0.1, -0.05) is 12.0 Å². The summed E-state index contributed by atoms with van der Waals surface area (Å²) in [6, 6.07) is 5.10. The Balaban J connectivity index is 1.27. The van der Waals surface area contributed by atoms with E-state index in [4.69, 9.17) is 25.9 Å². The zero-order valence-electron chi connectivity index (χ0n) is 28.7. The van der Waals surface area contributed by atoms with Crippen LogP contribution in [0.1, 0.15) is 37.7 Å². The Bertz CT molecular complexity index is 2350. The average molecular weight is 712 g/mol. The molecule has 5 aromatic rings. The molecule has 52 heavy (non-hydrogen) atoms. The van der Waals surface area contributed by atoms with Crippen molar-refractivity contribution in [1.82, 2.24) is 29.5 Å². The molecular formula is C38H36F3N7O4. The predicted octanol–water partition coefficient (Wildman–Crippen LogP) is 5.68. The van der Waals surface area contributed by atoms with Crippen molar-refractivity contribution in [3.05, 3.63) is 47.7 Å². The molecule has 4 atom stereocenters. The van der Waals surface area contributed by atoms with Gasteiger partial charge in [-0.05, 0) is 61.4 Å². The summed E-state index contributed by atoms with van der Waals surface area (Å²) < 4.78 is 60.5. The van der Waals surface area contributed by atoms with Gasteiger partial charge in [0.1, 0.15) is 41.2 Å². The number of nitrogens with zero attached hydrogens (tertiary/aromatic N) is 7. The number of phenolic OH excluding ortho intramolecular Hbond substituents is 1. The van der Waals surface area contributed by atoms with Gasteiger partial charge in [0.25, 0.3) is 0 Å². The summed E-state index contributed by atoms with van der Waals surface area (Å²) in [5, 5.41) is 17.1. The first-order chi connectivity index (χ1) is 25.1. The summed E-state index contributed by atoms with van der Waals surface area (Å²) >= 11 is 0. The zero-order chi connectivity index (χ0) is 36.1. The molecule has 4 aliphatic rings. The van der Waals surface area contributed by atoms with Crippen molar-refractivity contribution in [3.63, 3.8) is 0 Å². The Morgan fingerprint density at radius 3 is 2.65 bits per heavy atom. The minimum atomic E-state index is -0.965. The molecule has 6 heterocycles. The van der Waals surface area contributed by atoms with Crippen LogP contribution in [0.3, 0.4) is 0 Å². The first-order valence-electron chi connectivity index (χ1n) is 17.5. The molecule has 0 saturated carbocycles. The normalized spacial score (nSPS) is 24.3. The third kappa shape index (κ3) is 4.85. The largest absolute Gasteiger partial charge is 0.508 e. The maximum atomic E-state index is 17.6. The number of aromatic nitrogens is 4. The molecule has 14 heteroatoms. The first kappa shape index (κ1) is 32.6. The number of phenols is 1. The standard InChI is InChI=1S/C38H36F3N7O4/c1-4-25-28(40)9-6-20-12-24(49)13-26(29(20)25)30-32(41)34-31(27-18-45(2)44-33(27)30)35(46-16-22-7-8-23(17-46)48(22)37(50)51-3)43-36(42-34)52-19-38-10-5-11-47(38)15-21(39)14-38/h1,6,9,12-13,18,21-23,49H,5,7-8,10-11,14-17,19H2,2-3H3/t21-,22-,23+,38+/m1/s1. The van der Waals surface area contributed by atoms with Crippen LogP contribution in [0.4, 0.5) is 23.8 Å². The molecule has 0 aliphatic carbocycles. The lowest BCUT2D eigenvalue weighted by Gasteiger charge is -2.41. The van der Waals surface area contributed by atoms with Gasteiger partial charge in [0.15, 0.2) is 5.82 Å². The smallest absolute Gasteiger partial charge is 0.410 e. The second kappa shape index (κ2) is 11.9. The summed E-state index contributed by atoms with van der Waals surface area (Å²) in [5.74, 6) is 1.21. The number of hydrogen-bond acceptors (Lipinski definition) is 9. The third-order valence-corrected chi connectivity index (χ3v) is 11.5. The highest BCUT2D eigenvalue weighted by molar-refractivity contribution is 6.18. The van der Waals surface area contributed by atoms with Crippen LogP contribution >= 0.6 is 0 Å². The zero-order valence-corrected chi connectivity index (χ0v) is 28.7. The molecule has 4 aliphatic heterocycles. The van der Waals surface area contributed by atoms with E-state index < -0.39 is 29.4 Å². The van der Waals surface area contributed by atoms with Crippen LogP contribution in [0.15, 0.2) is 30.5 Å². The van der Waals surface area contributed by atoms with Crippen molar-refractivity contribution in [2.24, 2.45) is 7.05 Å². The van der Waals surface area contributed by atoms with E-state index in [0.717, 1.165) is 32.2 Å². The highest BCUT2D eigenvalue weighted by Crippen LogP contribution is 2.46. The number of alkyl halides is 1. The second-order valence-corrected chi connectivity index (χ2v) is 14.5. The van der Waals surface area contributed by atoms with Crippen LogP contribution in [-0.4, -0.2) is 104 Å². The number of aryl methyl sites for hydroxylation is 1. The van der Waals surface area contributed by atoms with E-state index in [1.54, 1.807) is 22.8 Å². The van der Waals surface area contributed by atoms with Crippen LogP contribution in [0, 0.1) is 24.0 Å². The van der Waals surface area contributed by atoms with Gasteiger partial charge in [0.2, 0.25) is 0 Å². The molecular weight excluding hydrogens is 675 g/mol. The summed E-state index contributed by atoms with van der Waals surface area (Å²) in [6.45, 7) is 2.06. The highest BCUT2D eigenvalue weighted by atomic mass is 19.1. The second-order valence-electron chi connectivity index (χ2n) is 14.5. The Morgan fingerprint density at radius 2 is 1.90 bits per heavy atom. The van der Waals surface area contributed by atoms with E-state index in [2.05, 4.69) is 15.9 Å². The molecule has 0 unspecified atom stereocenters.